The maximum atomic E-state index is 11.2. The number of nitrogens with zero attached hydrogens (tertiary/aromatic N) is 1. The van der Waals surface area contributed by atoms with E-state index in [1.807, 2.05) is 43.3 Å². The molecule has 0 aromatic heterocycles. The van der Waals surface area contributed by atoms with Crippen molar-refractivity contribution >= 4 is 28.5 Å². The van der Waals surface area contributed by atoms with Crippen molar-refractivity contribution in [3.8, 4) is 0 Å². The maximum Gasteiger partial charge on any atom is 0.163 e. The van der Waals surface area contributed by atoms with Crippen LogP contribution in [-0.2, 0) is 5.54 Å². The molecule has 1 heterocycles. The third kappa shape index (κ3) is 3.96. The second-order valence-electron chi connectivity index (χ2n) is 7.47. The van der Waals surface area contributed by atoms with Gasteiger partial charge in [-0.2, -0.15) is 10.5 Å². The smallest absolute Gasteiger partial charge is 0.163 e. The molecule has 3 aromatic carbocycles. The average molecular weight is 406 g/mol. The summed E-state index contributed by atoms with van der Waals surface area (Å²) in [5.74, 6) is 0. The van der Waals surface area contributed by atoms with E-state index in [4.69, 9.17) is 4.99 Å². The van der Waals surface area contributed by atoms with E-state index in [-0.39, 0.29) is 11.4 Å². The zero-order chi connectivity index (χ0) is 21.3. The van der Waals surface area contributed by atoms with E-state index in [0.29, 0.717) is 6.42 Å². The monoisotopic (exact) mass is 406 g/mol. The molecule has 0 saturated carbocycles. The Balaban J connectivity index is 1.77. The first-order chi connectivity index (χ1) is 14.4. The third-order valence-electron chi connectivity index (χ3n) is 5.33. The molecule has 0 aliphatic carbocycles. The fourth-order valence-corrected chi connectivity index (χ4v) is 3.66. The SMILES string of the molecule is CC1(c2ccc([NH+]([O-])O)cc2)CC(c2ccc([NH+]([O-])O)cc2)=Nc2ccccc2N1. The van der Waals surface area contributed by atoms with E-state index in [1.54, 1.807) is 36.4 Å². The maximum absolute atomic E-state index is 11.2. The lowest BCUT2D eigenvalue weighted by Gasteiger charge is -2.32. The molecule has 154 valence electrons. The van der Waals surface area contributed by atoms with Gasteiger partial charge in [-0.15, -0.1) is 0 Å². The van der Waals surface area contributed by atoms with Gasteiger partial charge in [-0.25, -0.2) is 10.4 Å². The summed E-state index contributed by atoms with van der Waals surface area (Å²) in [6, 6.07) is 21.2. The van der Waals surface area contributed by atoms with Crippen LogP contribution >= 0.6 is 0 Å². The van der Waals surface area contributed by atoms with Gasteiger partial charge in [0.1, 0.15) is 0 Å². The molecule has 0 radical (unpaired) electrons. The molecule has 0 bridgehead atoms. The van der Waals surface area contributed by atoms with E-state index in [2.05, 4.69) is 5.32 Å². The first kappa shape index (κ1) is 20.2. The van der Waals surface area contributed by atoms with E-state index >= 15 is 0 Å². The van der Waals surface area contributed by atoms with Crippen LogP contribution < -0.4 is 15.8 Å². The zero-order valence-electron chi connectivity index (χ0n) is 16.3. The molecule has 1 aliphatic heterocycles. The highest BCUT2D eigenvalue weighted by Crippen LogP contribution is 2.39. The Kier molecular flexibility index (Phi) is 5.35. The molecule has 0 fully saturated rings. The second-order valence-corrected chi connectivity index (χ2v) is 7.47. The molecular weight excluding hydrogens is 384 g/mol. The Labute approximate surface area is 173 Å². The summed E-state index contributed by atoms with van der Waals surface area (Å²) < 4.78 is 0. The number of benzene rings is 3. The van der Waals surface area contributed by atoms with Gasteiger partial charge < -0.3 is 15.7 Å². The zero-order valence-corrected chi connectivity index (χ0v) is 16.3. The number of anilines is 1. The number of para-hydroxylation sites is 2. The van der Waals surface area contributed by atoms with Gasteiger partial charge in [-0.1, -0.05) is 24.3 Å². The third-order valence-corrected chi connectivity index (χ3v) is 5.33. The minimum atomic E-state index is -0.972. The Morgan fingerprint density at radius 3 is 2.03 bits per heavy atom. The summed E-state index contributed by atoms with van der Waals surface area (Å²) in [7, 11) is 0. The van der Waals surface area contributed by atoms with Crippen molar-refractivity contribution in [3.63, 3.8) is 0 Å². The lowest BCUT2D eigenvalue weighted by molar-refractivity contribution is -0.991. The van der Waals surface area contributed by atoms with Crippen LogP contribution in [0.25, 0.3) is 0 Å². The van der Waals surface area contributed by atoms with Gasteiger partial charge in [0.05, 0.1) is 22.6 Å². The molecule has 30 heavy (non-hydrogen) atoms. The summed E-state index contributed by atoms with van der Waals surface area (Å²) >= 11 is 0. The quantitative estimate of drug-likeness (QED) is 0.426. The fourth-order valence-electron chi connectivity index (χ4n) is 3.66. The van der Waals surface area contributed by atoms with Crippen LogP contribution in [0.1, 0.15) is 24.5 Å². The summed E-state index contributed by atoms with van der Waals surface area (Å²) in [6.45, 7) is 2.05. The van der Waals surface area contributed by atoms with E-state index in [0.717, 1.165) is 28.2 Å². The number of quaternary nitrogens is 2. The van der Waals surface area contributed by atoms with Crippen molar-refractivity contribution < 1.29 is 20.9 Å². The van der Waals surface area contributed by atoms with Crippen molar-refractivity contribution in [3.05, 3.63) is 94.3 Å². The van der Waals surface area contributed by atoms with Gasteiger partial charge >= 0.3 is 0 Å². The predicted octanol–water partition coefficient (Wildman–Crippen LogP) is 2.35. The minimum Gasteiger partial charge on any atom is -0.595 e. The molecule has 8 heteroatoms. The van der Waals surface area contributed by atoms with Crippen molar-refractivity contribution in [1.29, 1.82) is 0 Å². The van der Waals surface area contributed by atoms with Gasteiger partial charge in [0.2, 0.25) is 0 Å². The summed E-state index contributed by atoms with van der Waals surface area (Å²) in [6.07, 6.45) is 0.528. The first-order valence-corrected chi connectivity index (χ1v) is 9.48. The standard InChI is InChI=1S/C22H22N4O4/c1-22(16-8-12-18(13-9-16)26(29)30)14-21(15-6-10-17(11-7-15)25(27)28)23-19-4-2-3-5-20(19)24-22/h2-13,24-27,29H,14H2,1H3. The number of aliphatic imine (C=N–C) groups is 1. The van der Waals surface area contributed by atoms with Gasteiger partial charge in [0.15, 0.2) is 11.4 Å². The molecule has 0 saturated heterocycles. The van der Waals surface area contributed by atoms with Crippen LogP contribution in [-0.4, -0.2) is 16.1 Å². The lowest BCUT2D eigenvalue weighted by atomic mass is 9.85. The number of rotatable bonds is 4. The molecule has 0 amide bonds. The average Bonchev–Trinajstić information content (AvgIpc) is 2.90. The molecular formula is C22H22N4O4. The van der Waals surface area contributed by atoms with Crippen LogP contribution in [0.15, 0.2) is 77.8 Å². The van der Waals surface area contributed by atoms with Crippen molar-refractivity contribution in [2.75, 3.05) is 5.32 Å². The number of hydrogen-bond acceptors (Lipinski definition) is 6. The molecule has 1 aliphatic rings. The van der Waals surface area contributed by atoms with Gasteiger partial charge in [-0.05, 0) is 42.3 Å². The normalized spacial score (nSPS) is 20.4. The highest BCUT2D eigenvalue weighted by atomic mass is 16.8. The second kappa shape index (κ2) is 7.96. The molecule has 4 rings (SSSR count). The number of fused-ring (bicyclic) bond motifs is 1. The van der Waals surface area contributed by atoms with Gasteiger partial charge in [0.25, 0.3) is 0 Å². The van der Waals surface area contributed by atoms with E-state index in [9.17, 15) is 20.8 Å². The van der Waals surface area contributed by atoms with Crippen LogP contribution in [0.4, 0.5) is 22.7 Å². The molecule has 5 N–H and O–H groups in total. The Hall–Kier alpha value is -3.11. The summed E-state index contributed by atoms with van der Waals surface area (Å²) in [5.41, 5.74) is 4.15. The Morgan fingerprint density at radius 1 is 0.867 bits per heavy atom. The molecule has 3 unspecified atom stereocenters. The van der Waals surface area contributed by atoms with Crippen LogP contribution in [0, 0.1) is 10.4 Å². The van der Waals surface area contributed by atoms with Crippen LogP contribution in [0.5, 0.6) is 0 Å². The highest BCUT2D eigenvalue weighted by Gasteiger charge is 2.32. The van der Waals surface area contributed by atoms with Crippen molar-refractivity contribution in [2.24, 2.45) is 4.99 Å². The molecule has 3 aromatic rings. The summed E-state index contributed by atoms with van der Waals surface area (Å²) in [4.78, 5) is 4.86. The topological polar surface area (TPSA) is 120 Å². The molecule has 8 nitrogen and oxygen atoms in total. The van der Waals surface area contributed by atoms with Gasteiger partial charge in [-0.3, -0.25) is 4.99 Å². The number of hydrogen-bond donors (Lipinski definition) is 5. The van der Waals surface area contributed by atoms with Crippen molar-refractivity contribution in [1.82, 2.24) is 0 Å². The van der Waals surface area contributed by atoms with Crippen molar-refractivity contribution in [2.45, 2.75) is 18.9 Å². The van der Waals surface area contributed by atoms with Crippen LogP contribution in [0.3, 0.4) is 0 Å². The predicted molar refractivity (Wildman–Crippen MR) is 113 cm³/mol. The summed E-state index contributed by atoms with van der Waals surface area (Å²) in [5, 5.41) is 42.4. The van der Waals surface area contributed by atoms with Gasteiger partial charge in [0, 0.05) is 30.7 Å². The van der Waals surface area contributed by atoms with E-state index < -0.39 is 16.0 Å². The Morgan fingerprint density at radius 2 is 1.43 bits per heavy atom. The lowest BCUT2D eigenvalue weighted by Crippen LogP contribution is -2.99. The molecule has 0 spiro atoms. The largest absolute Gasteiger partial charge is 0.595 e. The number of nitrogens with one attached hydrogen (secondary N) is 3. The molecule has 3 atom stereocenters. The highest BCUT2D eigenvalue weighted by molar-refractivity contribution is 6.04. The Bertz CT molecular complexity index is 1070. The fraction of sp³-hybridized carbons (Fsp3) is 0.136. The van der Waals surface area contributed by atoms with Crippen LogP contribution in [0.2, 0.25) is 0 Å². The van der Waals surface area contributed by atoms with E-state index in [1.165, 1.54) is 0 Å². The first-order valence-electron chi connectivity index (χ1n) is 9.48. The minimum absolute atomic E-state index is 0.221.